The van der Waals surface area contributed by atoms with E-state index in [0.29, 0.717) is 5.92 Å². The molecular formula is C14H28N4OS. The molecule has 0 aliphatic carbocycles. The van der Waals surface area contributed by atoms with E-state index in [0.717, 1.165) is 38.7 Å². The Morgan fingerprint density at radius 2 is 1.95 bits per heavy atom. The number of aliphatic imine (C=N–C) groups is 1. The molecule has 0 spiro atoms. The number of hydrogen-bond donors (Lipinski definition) is 1. The van der Waals surface area contributed by atoms with Crippen LogP contribution in [0.5, 0.6) is 0 Å². The standard InChI is InChI=1S/C14H28N4OS/c1-19-9-6-17-4-2-13(3-5-17)12-16-14(15)18-7-10-20-11-8-18/h13H,2-12H2,1H3,(H2,15,16). The van der Waals surface area contributed by atoms with Gasteiger partial charge < -0.3 is 20.3 Å². The maximum absolute atomic E-state index is 6.10. The van der Waals surface area contributed by atoms with Gasteiger partial charge in [-0.05, 0) is 31.8 Å². The molecule has 2 saturated heterocycles. The van der Waals surface area contributed by atoms with Gasteiger partial charge in [0.2, 0.25) is 0 Å². The van der Waals surface area contributed by atoms with Crippen molar-refractivity contribution in [1.29, 1.82) is 0 Å². The van der Waals surface area contributed by atoms with Crippen LogP contribution in [0, 0.1) is 5.92 Å². The molecule has 2 N–H and O–H groups in total. The second kappa shape index (κ2) is 8.74. The summed E-state index contributed by atoms with van der Waals surface area (Å²) in [7, 11) is 1.77. The first-order valence-corrected chi connectivity index (χ1v) is 8.79. The van der Waals surface area contributed by atoms with Crippen molar-refractivity contribution >= 4 is 17.7 Å². The van der Waals surface area contributed by atoms with E-state index in [2.05, 4.69) is 14.8 Å². The lowest BCUT2D eigenvalue weighted by atomic mass is 9.97. The van der Waals surface area contributed by atoms with Crippen LogP contribution in [0.4, 0.5) is 0 Å². The smallest absolute Gasteiger partial charge is 0.191 e. The van der Waals surface area contributed by atoms with E-state index < -0.39 is 0 Å². The Morgan fingerprint density at radius 1 is 1.25 bits per heavy atom. The fourth-order valence-electron chi connectivity index (χ4n) is 2.73. The summed E-state index contributed by atoms with van der Waals surface area (Å²) in [6.07, 6.45) is 2.46. The fourth-order valence-corrected chi connectivity index (χ4v) is 3.63. The summed E-state index contributed by atoms with van der Waals surface area (Å²) >= 11 is 2.00. The molecule has 6 heteroatoms. The lowest BCUT2D eigenvalue weighted by Gasteiger charge is -2.31. The highest BCUT2D eigenvalue weighted by atomic mass is 32.2. The van der Waals surface area contributed by atoms with Crippen molar-refractivity contribution in [3.05, 3.63) is 0 Å². The highest BCUT2D eigenvalue weighted by Crippen LogP contribution is 2.17. The normalized spacial score (nSPS) is 23.2. The van der Waals surface area contributed by atoms with Crippen molar-refractivity contribution in [2.45, 2.75) is 12.8 Å². The van der Waals surface area contributed by atoms with E-state index in [9.17, 15) is 0 Å². The highest BCUT2D eigenvalue weighted by Gasteiger charge is 2.19. The van der Waals surface area contributed by atoms with E-state index in [4.69, 9.17) is 10.5 Å². The van der Waals surface area contributed by atoms with E-state index >= 15 is 0 Å². The van der Waals surface area contributed by atoms with Crippen molar-refractivity contribution in [3.63, 3.8) is 0 Å². The molecule has 20 heavy (non-hydrogen) atoms. The van der Waals surface area contributed by atoms with Gasteiger partial charge in [-0.2, -0.15) is 11.8 Å². The van der Waals surface area contributed by atoms with Crippen molar-refractivity contribution < 1.29 is 4.74 Å². The van der Waals surface area contributed by atoms with Crippen LogP contribution in [0.15, 0.2) is 4.99 Å². The summed E-state index contributed by atoms with van der Waals surface area (Å²) in [5, 5.41) is 0. The maximum atomic E-state index is 6.10. The van der Waals surface area contributed by atoms with Gasteiger partial charge in [0.25, 0.3) is 0 Å². The van der Waals surface area contributed by atoms with Gasteiger partial charge in [-0.15, -0.1) is 0 Å². The number of piperidine rings is 1. The number of ether oxygens (including phenoxy) is 1. The first-order chi connectivity index (χ1) is 9.79. The molecule has 2 heterocycles. The predicted molar refractivity (Wildman–Crippen MR) is 86.4 cm³/mol. The number of nitrogens with zero attached hydrogens (tertiary/aromatic N) is 3. The quantitative estimate of drug-likeness (QED) is 0.598. The number of methoxy groups -OCH3 is 1. The summed E-state index contributed by atoms with van der Waals surface area (Å²) in [6, 6.07) is 0. The molecule has 2 rings (SSSR count). The number of guanidine groups is 1. The third-order valence-corrected chi connectivity index (χ3v) is 5.11. The van der Waals surface area contributed by atoms with Crippen molar-refractivity contribution in [1.82, 2.24) is 9.80 Å². The van der Waals surface area contributed by atoms with E-state index in [1.807, 2.05) is 11.8 Å². The average Bonchev–Trinajstić information content (AvgIpc) is 2.52. The SMILES string of the molecule is COCCN1CCC(CN=C(N)N2CCSCC2)CC1. The first-order valence-electron chi connectivity index (χ1n) is 7.63. The Hall–Kier alpha value is -0.460. The average molecular weight is 300 g/mol. The second-order valence-corrected chi connectivity index (χ2v) is 6.80. The molecule has 0 atom stereocenters. The highest BCUT2D eigenvalue weighted by molar-refractivity contribution is 7.99. The summed E-state index contributed by atoms with van der Waals surface area (Å²) in [5.74, 6) is 3.81. The van der Waals surface area contributed by atoms with Gasteiger partial charge in [-0.3, -0.25) is 4.99 Å². The number of hydrogen-bond acceptors (Lipinski definition) is 4. The molecular weight excluding hydrogens is 272 g/mol. The van der Waals surface area contributed by atoms with Crippen LogP contribution in [-0.2, 0) is 4.74 Å². The number of nitrogens with two attached hydrogens (primary N) is 1. The molecule has 2 aliphatic rings. The Kier molecular flexibility index (Phi) is 6.96. The third kappa shape index (κ3) is 5.14. The van der Waals surface area contributed by atoms with E-state index in [1.54, 1.807) is 7.11 Å². The maximum Gasteiger partial charge on any atom is 0.191 e. The Morgan fingerprint density at radius 3 is 2.60 bits per heavy atom. The molecule has 0 saturated carbocycles. The van der Waals surface area contributed by atoms with Gasteiger partial charge in [-0.1, -0.05) is 0 Å². The van der Waals surface area contributed by atoms with Crippen LogP contribution < -0.4 is 5.73 Å². The first kappa shape index (κ1) is 15.9. The number of thioether (sulfide) groups is 1. The molecule has 2 fully saturated rings. The van der Waals surface area contributed by atoms with Crippen LogP contribution in [0.2, 0.25) is 0 Å². The minimum atomic E-state index is 0.700. The molecule has 0 bridgehead atoms. The summed E-state index contributed by atoms with van der Waals surface area (Å²) in [4.78, 5) is 9.33. The van der Waals surface area contributed by atoms with Crippen LogP contribution in [0.25, 0.3) is 0 Å². The van der Waals surface area contributed by atoms with Crippen molar-refractivity contribution in [2.75, 3.05) is 64.5 Å². The zero-order valence-electron chi connectivity index (χ0n) is 12.6. The molecule has 0 aromatic heterocycles. The lowest BCUT2D eigenvalue weighted by Crippen LogP contribution is -2.43. The van der Waals surface area contributed by atoms with Gasteiger partial charge in [-0.25, -0.2) is 0 Å². The van der Waals surface area contributed by atoms with Crippen LogP contribution in [-0.4, -0.2) is 80.3 Å². The molecule has 2 aliphatic heterocycles. The molecule has 5 nitrogen and oxygen atoms in total. The molecule has 0 unspecified atom stereocenters. The molecule has 0 aromatic carbocycles. The molecule has 0 radical (unpaired) electrons. The van der Waals surface area contributed by atoms with Gasteiger partial charge in [0.05, 0.1) is 6.61 Å². The van der Waals surface area contributed by atoms with Crippen molar-refractivity contribution in [2.24, 2.45) is 16.6 Å². The topological polar surface area (TPSA) is 54.1 Å². The number of likely N-dealkylation sites (tertiary alicyclic amines) is 1. The van der Waals surface area contributed by atoms with Crippen molar-refractivity contribution in [3.8, 4) is 0 Å². The van der Waals surface area contributed by atoms with Crippen LogP contribution >= 0.6 is 11.8 Å². The van der Waals surface area contributed by atoms with Gasteiger partial charge in [0.15, 0.2) is 5.96 Å². The van der Waals surface area contributed by atoms with E-state index in [-0.39, 0.29) is 0 Å². The monoisotopic (exact) mass is 300 g/mol. The van der Waals surface area contributed by atoms with Gasteiger partial charge in [0, 0.05) is 44.8 Å². The summed E-state index contributed by atoms with van der Waals surface area (Å²) in [6.45, 7) is 7.23. The van der Waals surface area contributed by atoms with Gasteiger partial charge >= 0.3 is 0 Å². The van der Waals surface area contributed by atoms with Crippen LogP contribution in [0.3, 0.4) is 0 Å². The fraction of sp³-hybridized carbons (Fsp3) is 0.929. The Labute approximate surface area is 126 Å². The molecule has 0 amide bonds. The Bertz CT molecular complexity index is 300. The molecule has 0 aromatic rings. The predicted octanol–water partition coefficient (Wildman–Crippen LogP) is 0.708. The minimum Gasteiger partial charge on any atom is -0.383 e. The largest absolute Gasteiger partial charge is 0.383 e. The van der Waals surface area contributed by atoms with E-state index in [1.165, 1.54) is 37.4 Å². The number of rotatable bonds is 5. The zero-order chi connectivity index (χ0) is 14.2. The minimum absolute atomic E-state index is 0.700. The zero-order valence-corrected chi connectivity index (χ0v) is 13.4. The third-order valence-electron chi connectivity index (χ3n) is 4.17. The second-order valence-electron chi connectivity index (χ2n) is 5.58. The lowest BCUT2D eigenvalue weighted by molar-refractivity contribution is 0.121. The summed E-state index contributed by atoms with van der Waals surface area (Å²) < 4.78 is 5.13. The van der Waals surface area contributed by atoms with Crippen LogP contribution in [0.1, 0.15) is 12.8 Å². The van der Waals surface area contributed by atoms with Gasteiger partial charge in [0.1, 0.15) is 0 Å². The Balaban J connectivity index is 1.67. The molecule has 116 valence electrons. The summed E-state index contributed by atoms with van der Waals surface area (Å²) in [5.41, 5.74) is 6.10.